The van der Waals surface area contributed by atoms with Gasteiger partial charge in [-0.15, -0.1) is 13.2 Å². The molecule has 1 aliphatic rings. The molecule has 0 aromatic heterocycles. The monoisotopic (exact) mass is 341 g/mol. The lowest BCUT2D eigenvalue weighted by atomic mass is 9.95. The number of carbonyl (C=O) groups excluding carboxylic acids is 2. The van der Waals surface area contributed by atoms with Crippen molar-refractivity contribution in [2.45, 2.75) is 19.3 Å². The Morgan fingerprint density at radius 3 is 2.36 bits per heavy atom. The second kappa shape index (κ2) is 9.18. The van der Waals surface area contributed by atoms with Gasteiger partial charge in [-0.3, -0.25) is 9.59 Å². The van der Waals surface area contributed by atoms with E-state index in [-0.39, 0.29) is 23.7 Å². The summed E-state index contributed by atoms with van der Waals surface area (Å²) in [6.07, 6.45) is 6.33. The number of benzene rings is 1. The second-order valence-corrected chi connectivity index (χ2v) is 6.39. The van der Waals surface area contributed by atoms with E-state index >= 15 is 0 Å². The lowest BCUT2D eigenvalue weighted by Crippen LogP contribution is -2.31. The number of anilines is 1. The van der Waals surface area contributed by atoms with Crippen LogP contribution in [0.3, 0.4) is 0 Å². The van der Waals surface area contributed by atoms with Gasteiger partial charge < -0.3 is 16.0 Å². The van der Waals surface area contributed by atoms with Gasteiger partial charge in [0.25, 0.3) is 5.91 Å². The number of rotatable bonds is 8. The van der Waals surface area contributed by atoms with E-state index in [0.29, 0.717) is 30.9 Å². The maximum absolute atomic E-state index is 12.5. The summed E-state index contributed by atoms with van der Waals surface area (Å²) in [6, 6.07) is 6.98. The number of nitrogens with one attached hydrogen (secondary N) is 1. The van der Waals surface area contributed by atoms with Crippen molar-refractivity contribution in [2.75, 3.05) is 25.0 Å². The van der Waals surface area contributed by atoms with Crippen molar-refractivity contribution < 1.29 is 9.59 Å². The largest absolute Gasteiger partial charge is 0.331 e. The third-order valence-electron chi connectivity index (χ3n) is 4.68. The first kappa shape index (κ1) is 18.9. The molecule has 5 nitrogen and oxygen atoms in total. The van der Waals surface area contributed by atoms with Crippen molar-refractivity contribution in [1.82, 2.24) is 4.90 Å². The minimum atomic E-state index is -0.0864. The molecule has 1 saturated carbocycles. The molecule has 2 rings (SSSR count). The van der Waals surface area contributed by atoms with Crippen LogP contribution < -0.4 is 11.1 Å². The van der Waals surface area contributed by atoms with Gasteiger partial charge in [0.1, 0.15) is 0 Å². The number of hydrogen-bond donors (Lipinski definition) is 2. The molecule has 2 atom stereocenters. The fourth-order valence-corrected chi connectivity index (χ4v) is 3.33. The summed E-state index contributed by atoms with van der Waals surface area (Å²) in [7, 11) is 0. The molecular weight excluding hydrogens is 314 g/mol. The van der Waals surface area contributed by atoms with Gasteiger partial charge in [0, 0.05) is 30.3 Å². The summed E-state index contributed by atoms with van der Waals surface area (Å²) in [6.45, 7) is 8.82. The lowest BCUT2D eigenvalue weighted by Gasteiger charge is -2.20. The standard InChI is InChI=1S/C20H27N3O2/c1-3-12-23(13-4-2)20(25)15-8-10-17(11-9-15)22-19(24)18-7-5-6-16(18)14-21/h3-4,8-11,16,18H,1-2,5-7,12-14,21H2,(H,22,24)/t16-,18-/m1/s1. The molecule has 5 heteroatoms. The SMILES string of the molecule is C=CCN(CC=C)C(=O)c1ccc(NC(=O)[C@@H]2CCC[C@@H]2CN)cc1. The Kier molecular flexibility index (Phi) is 6.95. The number of amides is 2. The first-order valence-corrected chi connectivity index (χ1v) is 8.72. The minimum Gasteiger partial charge on any atom is -0.331 e. The van der Waals surface area contributed by atoms with Crippen LogP contribution in [0.5, 0.6) is 0 Å². The molecule has 0 saturated heterocycles. The maximum atomic E-state index is 12.5. The van der Waals surface area contributed by atoms with Gasteiger partial charge in [0.05, 0.1) is 0 Å². The van der Waals surface area contributed by atoms with Crippen LogP contribution in [-0.4, -0.2) is 36.3 Å². The van der Waals surface area contributed by atoms with E-state index in [9.17, 15) is 9.59 Å². The normalized spacial score (nSPS) is 19.2. The predicted molar refractivity (Wildman–Crippen MR) is 101 cm³/mol. The Morgan fingerprint density at radius 2 is 1.80 bits per heavy atom. The molecule has 1 aliphatic carbocycles. The van der Waals surface area contributed by atoms with Crippen molar-refractivity contribution in [3.8, 4) is 0 Å². The van der Waals surface area contributed by atoms with E-state index < -0.39 is 0 Å². The van der Waals surface area contributed by atoms with Crippen molar-refractivity contribution in [3.05, 3.63) is 55.1 Å². The molecule has 2 amide bonds. The minimum absolute atomic E-state index is 0.0121. The number of hydrogen-bond acceptors (Lipinski definition) is 3. The van der Waals surface area contributed by atoms with Gasteiger partial charge in [-0.25, -0.2) is 0 Å². The van der Waals surface area contributed by atoms with E-state index in [2.05, 4.69) is 18.5 Å². The Labute approximate surface area is 149 Å². The van der Waals surface area contributed by atoms with Crippen LogP contribution in [0.1, 0.15) is 29.6 Å². The molecule has 0 unspecified atom stereocenters. The van der Waals surface area contributed by atoms with Gasteiger partial charge in [0.2, 0.25) is 5.91 Å². The summed E-state index contributed by atoms with van der Waals surface area (Å²) in [5, 5.41) is 2.94. The summed E-state index contributed by atoms with van der Waals surface area (Å²) in [5.41, 5.74) is 7.02. The quantitative estimate of drug-likeness (QED) is 0.714. The molecule has 0 bridgehead atoms. The summed E-state index contributed by atoms with van der Waals surface area (Å²) in [5.74, 6) is 0.192. The summed E-state index contributed by atoms with van der Waals surface area (Å²) in [4.78, 5) is 26.5. The van der Waals surface area contributed by atoms with Gasteiger partial charge in [-0.2, -0.15) is 0 Å². The molecule has 134 valence electrons. The number of nitrogens with zero attached hydrogens (tertiary/aromatic N) is 1. The van der Waals surface area contributed by atoms with Gasteiger partial charge in [-0.1, -0.05) is 18.6 Å². The van der Waals surface area contributed by atoms with Crippen LogP contribution in [0.15, 0.2) is 49.6 Å². The molecule has 0 aliphatic heterocycles. The van der Waals surface area contributed by atoms with Crippen LogP contribution in [0.25, 0.3) is 0 Å². The maximum Gasteiger partial charge on any atom is 0.254 e. The van der Waals surface area contributed by atoms with E-state index in [0.717, 1.165) is 19.3 Å². The molecule has 1 aromatic rings. The highest BCUT2D eigenvalue weighted by Gasteiger charge is 2.31. The number of carbonyl (C=O) groups is 2. The molecule has 3 N–H and O–H groups in total. The fourth-order valence-electron chi connectivity index (χ4n) is 3.33. The molecule has 0 heterocycles. The highest BCUT2D eigenvalue weighted by atomic mass is 16.2. The van der Waals surface area contributed by atoms with E-state index in [1.165, 1.54) is 0 Å². The first-order valence-electron chi connectivity index (χ1n) is 8.72. The van der Waals surface area contributed by atoms with Crippen LogP contribution in [0, 0.1) is 11.8 Å². The van der Waals surface area contributed by atoms with Crippen LogP contribution in [0.4, 0.5) is 5.69 Å². The predicted octanol–water partition coefficient (Wildman–Crippen LogP) is 2.81. The van der Waals surface area contributed by atoms with Gasteiger partial charge >= 0.3 is 0 Å². The third kappa shape index (κ3) is 4.79. The highest BCUT2D eigenvalue weighted by molar-refractivity contribution is 5.96. The van der Waals surface area contributed by atoms with Crippen LogP contribution in [-0.2, 0) is 4.79 Å². The average molecular weight is 341 g/mol. The van der Waals surface area contributed by atoms with E-state index in [4.69, 9.17) is 5.73 Å². The van der Waals surface area contributed by atoms with Crippen LogP contribution >= 0.6 is 0 Å². The van der Waals surface area contributed by atoms with Crippen molar-refractivity contribution in [1.29, 1.82) is 0 Å². The van der Waals surface area contributed by atoms with Crippen molar-refractivity contribution in [3.63, 3.8) is 0 Å². The zero-order chi connectivity index (χ0) is 18.2. The zero-order valence-corrected chi connectivity index (χ0v) is 14.6. The summed E-state index contributed by atoms with van der Waals surface area (Å²) < 4.78 is 0. The van der Waals surface area contributed by atoms with E-state index in [1.54, 1.807) is 41.3 Å². The van der Waals surface area contributed by atoms with Gasteiger partial charge in [-0.05, 0) is 49.6 Å². The van der Waals surface area contributed by atoms with Crippen molar-refractivity contribution in [2.24, 2.45) is 17.6 Å². The lowest BCUT2D eigenvalue weighted by molar-refractivity contribution is -0.120. The average Bonchev–Trinajstić information content (AvgIpc) is 3.10. The fraction of sp³-hybridized carbons (Fsp3) is 0.400. The Balaban J connectivity index is 2.01. The van der Waals surface area contributed by atoms with Crippen LogP contribution in [0.2, 0.25) is 0 Å². The first-order chi connectivity index (χ1) is 12.1. The van der Waals surface area contributed by atoms with Crippen molar-refractivity contribution >= 4 is 17.5 Å². The molecule has 0 spiro atoms. The Morgan fingerprint density at radius 1 is 1.16 bits per heavy atom. The highest BCUT2D eigenvalue weighted by Crippen LogP contribution is 2.31. The number of nitrogens with two attached hydrogens (primary N) is 1. The third-order valence-corrected chi connectivity index (χ3v) is 4.68. The Bertz CT molecular complexity index is 614. The zero-order valence-electron chi connectivity index (χ0n) is 14.6. The van der Waals surface area contributed by atoms with Gasteiger partial charge in [0.15, 0.2) is 0 Å². The second-order valence-electron chi connectivity index (χ2n) is 6.39. The molecule has 25 heavy (non-hydrogen) atoms. The molecule has 1 fully saturated rings. The summed E-state index contributed by atoms with van der Waals surface area (Å²) >= 11 is 0. The Hall–Kier alpha value is -2.40. The topological polar surface area (TPSA) is 75.4 Å². The van der Waals surface area contributed by atoms with E-state index in [1.807, 2.05) is 0 Å². The molecule has 1 aromatic carbocycles. The smallest absolute Gasteiger partial charge is 0.254 e. The molecule has 0 radical (unpaired) electrons. The molecular formula is C20H27N3O2.